The SMILES string of the molecule is CC(C)CC(C)CC(C)CC(C)C[O]. The molecule has 0 spiro atoms. The summed E-state index contributed by atoms with van der Waals surface area (Å²) in [5.74, 6) is 2.68. The third-order valence-electron chi connectivity index (χ3n) is 2.77. The molecule has 0 aromatic heterocycles. The first-order valence-corrected chi connectivity index (χ1v) is 6.03. The molecule has 1 heteroatoms. The van der Waals surface area contributed by atoms with E-state index in [1.165, 1.54) is 12.8 Å². The highest BCUT2D eigenvalue weighted by atomic mass is 16.3. The van der Waals surface area contributed by atoms with Gasteiger partial charge in [-0.3, -0.25) is 0 Å². The monoisotopic (exact) mass is 199 g/mol. The van der Waals surface area contributed by atoms with Gasteiger partial charge < -0.3 is 0 Å². The molecule has 0 aromatic rings. The Bertz CT molecular complexity index is 131. The van der Waals surface area contributed by atoms with Crippen LogP contribution in [0.2, 0.25) is 0 Å². The van der Waals surface area contributed by atoms with Gasteiger partial charge in [-0.05, 0) is 42.9 Å². The van der Waals surface area contributed by atoms with Crippen LogP contribution in [0.5, 0.6) is 0 Å². The van der Waals surface area contributed by atoms with Crippen LogP contribution < -0.4 is 0 Å². The Hall–Kier alpha value is -0.0400. The highest BCUT2D eigenvalue weighted by Gasteiger charge is 2.13. The smallest absolute Gasteiger partial charge is 0.0847 e. The lowest BCUT2D eigenvalue weighted by molar-refractivity contribution is 0.135. The third-order valence-corrected chi connectivity index (χ3v) is 2.77. The Balaban J connectivity index is 3.65. The highest BCUT2D eigenvalue weighted by molar-refractivity contribution is 4.64. The number of rotatable bonds is 7. The van der Waals surface area contributed by atoms with E-state index >= 15 is 0 Å². The van der Waals surface area contributed by atoms with Crippen molar-refractivity contribution in [2.24, 2.45) is 23.7 Å². The van der Waals surface area contributed by atoms with E-state index in [0.29, 0.717) is 11.8 Å². The number of hydrogen-bond acceptors (Lipinski definition) is 0. The normalized spacial score (nSPS) is 18.2. The fourth-order valence-corrected chi connectivity index (χ4v) is 2.44. The molecule has 3 unspecified atom stereocenters. The van der Waals surface area contributed by atoms with Crippen LogP contribution >= 0.6 is 0 Å². The van der Waals surface area contributed by atoms with Crippen molar-refractivity contribution in [3.63, 3.8) is 0 Å². The molecule has 0 aliphatic rings. The zero-order valence-corrected chi connectivity index (χ0v) is 10.5. The van der Waals surface area contributed by atoms with Gasteiger partial charge in [-0.2, -0.15) is 0 Å². The summed E-state index contributed by atoms with van der Waals surface area (Å²) in [5, 5.41) is 10.6. The zero-order valence-electron chi connectivity index (χ0n) is 10.5. The maximum Gasteiger partial charge on any atom is 0.0847 e. The highest BCUT2D eigenvalue weighted by Crippen LogP contribution is 2.23. The zero-order chi connectivity index (χ0) is 11.1. The third kappa shape index (κ3) is 7.37. The summed E-state index contributed by atoms with van der Waals surface area (Å²) in [6.07, 6.45) is 3.70. The molecule has 0 bridgehead atoms. The average molecular weight is 199 g/mol. The minimum atomic E-state index is 0.0862. The van der Waals surface area contributed by atoms with Crippen molar-refractivity contribution in [1.82, 2.24) is 0 Å². The molecule has 0 fully saturated rings. The molecule has 0 aliphatic carbocycles. The largest absolute Gasteiger partial charge is 0.236 e. The van der Waals surface area contributed by atoms with Gasteiger partial charge in [0, 0.05) is 0 Å². The van der Waals surface area contributed by atoms with Crippen LogP contribution in [0.3, 0.4) is 0 Å². The topological polar surface area (TPSA) is 19.9 Å². The van der Waals surface area contributed by atoms with E-state index in [4.69, 9.17) is 0 Å². The predicted octanol–water partition coefficient (Wildman–Crippen LogP) is 4.15. The first-order valence-electron chi connectivity index (χ1n) is 6.03. The van der Waals surface area contributed by atoms with Crippen LogP contribution in [0.4, 0.5) is 0 Å². The minimum Gasteiger partial charge on any atom is -0.236 e. The fourth-order valence-electron chi connectivity index (χ4n) is 2.44. The molecule has 3 atom stereocenters. The van der Waals surface area contributed by atoms with Gasteiger partial charge in [0.15, 0.2) is 0 Å². The summed E-state index contributed by atoms with van der Waals surface area (Å²) in [7, 11) is 0. The Morgan fingerprint density at radius 1 is 0.714 bits per heavy atom. The van der Waals surface area contributed by atoms with Crippen LogP contribution in [0.15, 0.2) is 0 Å². The van der Waals surface area contributed by atoms with Crippen molar-refractivity contribution in [2.75, 3.05) is 6.61 Å². The van der Waals surface area contributed by atoms with Crippen molar-refractivity contribution in [3.05, 3.63) is 0 Å². The van der Waals surface area contributed by atoms with Crippen LogP contribution in [0, 0.1) is 23.7 Å². The standard InChI is InChI=1S/C13H27O/c1-10(2)6-11(3)7-12(4)8-13(5)9-14/h10-13H,6-9H2,1-5H3. The van der Waals surface area contributed by atoms with E-state index in [-0.39, 0.29) is 6.61 Å². The summed E-state index contributed by atoms with van der Waals surface area (Å²) in [6.45, 7) is 11.3. The summed E-state index contributed by atoms with van der Waals surface area (Å²) >= 11 is 0. The summed E-state index contributed by atoms with van der Waals surface area (Å²) in [4.78, 5) is 0. The van der Waals surface area contributed by atoms with E-state index in [2.05, 4.69) is 34.6 Å². The summed E-state index contributed by atoms with van der Waals surface area (Å²) in [5.41, 5.74) is 0. The van der Waals surface area contributed by atoms with Gasteiger partial charge in [0.1, 0.15) is 0 Å². The van der Waals surface area contributed by atoms with E-state index in [0.717, 1.165) is 18.3 Å². The molecule has 14 heavy (non-hydrogen) atoms. The second-order valence-corrected chi connectivity index (χ2v) is 5.58. The average Bonchev–Trinajstić information content (AvgIpc) is 2.01. The molecule has 0 rings (SSSR count). The van der Waals surface area contributed by atoms with E-state index in [1.807, 2.05) is 0 Å². The van der Waals surface area contributed by atoms with Crippen molar-refractivity contribution in [2.45, 2.75) is 53.9 Å². The van der Waals surface area contributed by atoms with Gasteiger partial charge >= 0.3 is 0 Å². The quantitative estimate of drug-likeness (QED) is 0.587. The van der Waals surface area contributed by atoms with Gasteiger partial charge in [-0.25, -0.2) is 5.11 Å². The van der Waals surface area contributed by atoms with E-state index in [9.17, 15) is 5.11 Å². The van der Waals surface area contributed by atoms with Crippen LogP contribution in [-0.2, 0) is 5.11 Å². The van der Waals surface area contributed by atoms with Crippen LogP contribution in [-0.4, -0.2) is 6.61 Å². The van der Waals surface area contributed by atoms with Crippen molar-refractivity contribution >= 4 is 0 Å². The second kappa shape index (κ2) is 7.28. The van der Waals surface area contributed by atoms with E-state index in [1.54, 1.807) is 0 Å². The molecule has 85 valence electrons. The maximum absolute atomic E-state index is 10.6. The molecule has 1 nitrogen and oxygen atoms in total. The van der Waals surface area contributed by atoms with Gasteiger partial charge in [0.2, 0.25) is 0 Å². The predicted molar refractivity (Wildman–Crippen MR) is 61.7 cm³/mol. The molecular formula is C13H27O. The van der Waals surface area contributed by atoms with Gasteiger partial charge in [-0.15, -0.1) is 0 Å². The molecule has 0 aliphatic heterocycles. The molecule has 0 aromatic carbocycles. The lowest BCUT2D eigenvalue weighted by Crippen LogP contribution is -2.11. The Kier molecular flexibility index (Phi) is 7.26. The van der Waals surface area contributed by atoms with Crippen LogP contribution in [0.25, 0.3) is 0 Å². The molecule has 0 saturated carbocycles. The fraction of sp³-hybridized carbons (Fsp3) is 1.00. The molecule has 0 heterocycles. The molecule has 0 amide bonds. The van der Waals surface area contributed by atoms with Gasteiger partial charge in [0.25, 0.3) is 0 Å². The summed E-state index contributed by atoms with van der Waals surface area (Å²) < 4.78 is 0. The van der Waals surface area contributed by atoms with Gasteiger partial charge in [-0.1, -0.05) is 34.6 Å². The van der Waals surface area contributed by atoms with Crippen molar-refractivity contribution in [1.29, 1.82) is 0 Å². The first kappa shape index (κ1) is 14.0. The van der Waals surface area contributed by atoms with Gasteiger partial charge in [0.05, 0.1) is 6.61 Å². The Morgan fingerprint density at radius 3 is 1.57 bits per heavy atom. The minimum absolute atomic E-state index is 0.0862. The lowest BCUT2D eigenvalue weighted by atomic mass is 9.86. The summed E-state index contributed by atoms with van der Waals surface area (Å²) in [6, 6.07) is 0. The molecule has 0 N–H and O–H groups in total. The molecular weight excluding hydrogens is 172 g/mol. The first-order chi connectivity index (χ1) is 6.45. The maximum atomic E-state index is 10.6. The number of hydrogen-bond donors (Lipinski definition) is 0. The Labute approximate surface area is 89.9 Å². The molecule has 1 radical (unpaired) electrons. The van der Waals surface area contributed by atoms with Crippen LogP contribution in [0.1, 0.15) is 53.9 Å². The van der Waals surface area contributed by atoms with E-state index < -0.39 is 0 Å². The second-order valence-electron chi connectivity index (χ2n) is 5.58. The lowest BCUT2D eigenvalue weighted by Gasteiger charge is -2.20. The van der Waals surface area contributed by atoms with Crippen molar-refractivity contribution in [3.8, 4) is 0 Å². The van der Waals surface area contributed by atoms with Crippen molar-refractivity contribution < 1.29 is 5.11 Å². The molecule has 0 saturated heterocycles. The Morgan fingerprint density at radius 2 is 1.14 bits per heavy atom.